The minimum absolute atomic E-state index is 0.00960. The van der Waals surface area contributed by atoms with E-state index in [-0.39, 0.29) is 17.5 Å². The van der Waals surface area contributed by atoms with Crippen molar-refractivity contribution in [1.82, 2.24) is 4.31 Å². The van der Waals surface area contributed by atoms with Gasteiger partial charge in [-0.15, -0.1) is 6.42 Å². The number of nitrogens with zero attached hydrogens (tertiary/aromatic N) is 1. The molecule has 136 valence electrons. The lowest BCUT2D eigenvalue weighted by Crippen LogP contribution is -2.34. The van der Waals surface area contributed by atoms with E-state index < -0.39 is 10.0 Å². The van der Waals surface area contributed by atoms with E-state index in [2.05, 4.69) is 5.92 Å². The highest BCUT2D eigenvalue weighted by Gasteiger charge is 2.36. The molecule has 3 rings (SSSR count). The largest absolute Gasteiger partial charge is 0.493 e. The number of hydrogen-bond acceptors (Lipinski definition) is 4. The summed E-state index contributed by atoms with van der Waals surface area (Å²) in [6.07, 6.45) is 7.05. The van der Waals surface area contributed by atoms with Crippen LogP contribution in [0, 0.1) is 12.3 Å². The summed E-state index contributed by atoms with van der Waals surface area (Å²) in [5, 5.41) is 0. The van der Waals surface area contributed by atoms with Gasteiger partial charge in [0.15, 0.2) is 11.5 Å². The Balaban J connectivity index is 2.04. The Bertz CT molecular complexity index is 947. The minimum Gasteiger partial charge on any atom is -0.493 e. The summed E-state index contributed by atoms with van der Waals surface area (Å²) in [6.45, 7) is 0.00960. The standard InChI is InChI=1S/C20H21NO4S/c1-4-13-21(18-11-9-15-7-5-6-8-17(15)18)26(22,23)16-10-12-19(24-2)20(14-16)25-3/h1,5-8,10,12,14,18H,9,11,13H2,2-3H3/t18-/m1/s1. The molecule has 5 nitrogen and oxygen atoms in total. The third kappa shape index (κ3) is 3.16. The molecule has 0 amide bonds. The van der Waals surface area contributed by atoms with Crippen LogP contribution in [0.4, 0.5) is 0 Å². The van der Waals surface area contributed by atoms with Gasteiger partial charge in [0.05, 0.1) is 31.7 Å². The molecule has 0 heterocycles. The van der Waals surface area contributed by atoms with E-state index in [9.17, 15) is 8.42 Å². The highest BCUT2D eigenvalue weighted by Crippen LogP contribution is 2.39. The van der Waals surface area contributed by atoms with E-state index in [0.717, 1.165) is 12.0 Å². The molecule has 0 radical (unpaired) electrons. The average Bonchev–Trinajstić information content (AvgIpc) is 3.09. The summed E-state index contributed by atoms with van der Waals surface area (Å²) in [5.74, 6) is 3.33. The summed E-state index contributed by atoms with van der Waals surface area (Å²) in [7, 11) is -0.813. The van der Waals surface area contributed by atoms with Crippen LogP contribution in [0.15, 0.2) is 47.4 Å². The molecule has 0 saturated carbocycles. The number of benzene rings is 2. The summed E-state index contributed by atoms with van der Waals surface area (Å²) in [4.78, 5) is 0.134. The Morgan fingerprint density at radius 1 is 1.15 bits per heavy atom. The van der Waals surface area contributed by atoms with Crippen LogP contribution in [0.25, 0.3) is 0 Å². The second-order valence-electron chi connectivity index (χ2n) is 6.02. The van der Waals surface area contributed by atoms with Crippen LogP contribution >= 0.6 is 0 Å². The SMILES string of the molecule is C#CCN([C@@H]1CCc2ccccc21)S(=O)(=O)c1ccc(OC)c(OC)c1. The quantitative estimate of drug-likeness (QED) is 0.733. The van der Waals surface area contributed by atoms with Gasteiger partial charge in [-0.1, -0.05) is 30.2 Å². The van der Waals surface area contributed by atoms with E-state index in [0.29, 0.717) is 17.9 Å². The number of ether oxygens (including phenoxy) is 2. The predicted octanol–water partition coefficient (Wildman–Crippen LogP) is 3.02. The lowest BCUT2D eigenvalue weighted by molar-refractivity contribution is 0.347. The van der Waals surface area contributed by atoms with Crippen LogP contribution in [0.1, 0.15) is 23.6 Å². The molecule has 0 saturated heterocycles. The van der Waals surface area contributed by atoms with Crippen LogP contribution in [0.2, 0.25) is 0 Å². The number of hydrogen-bond donors (Lipinski definition) is 0. The lowest BCUT2D eigenvalue weighted by atomic mass is 10.1. The maximum absolute atomic E-state index is 13.3. The molecule has 1 aliphatic rings. The molecule has 0 spiro atoms. The molecule has 1 aliphatic carbocycles. The van der Waals surface area contributed by atoms with Gasteiger partial charge in [0.2, 0.25) is 10.0 Å². The van der Waals surface area contributed by atoms with Gasteiger partial charge in [-0.05, 0) is 36.1 Å². The molecule has 0 fully saturated rings. The van der Waals surface area contributed by atoms with E-state index >= 15 is 0 Å². The Morgan fingerprint density at radius 2 is 1.88 bits per heavy atom. The zero-order chi connectivity index (χ0) is 18.7. The highest BCUT2D eigenvalue weighted by atomic mass is 32.2. The highest BCUT2D eigenvalue weighted by molar-refractivity contribution is 7.89. The molecular formula is C20H21NO4S. The smallest absolute Gasteiger partial charge is 0.244 e. The van der Waals surface area contributed by atoms with Crippen molar-refractivity contribution in [3.8, 4) is 23.8 Å². The van der Waals surface area contributed by atoms with E-state index in [1.165, 1.54) is 36.2 Å². The minimum atomic E-state index is -3.79. The zero-order valence-corrected chi connectivity index (χ0v) is 15.6. The molecule has 1 atom stereocenters. The van der Waals surface area contributed by atoms with Gasteiger partial charge in [0, 0.05) is 6.07 Å². The first-order valence-electron chi connectivity index (χ1n) is 8.28. The summed E-state index contributed by atoms with van der Waals surface area (Å²) in [6, 6.07) is 12.2. The third-order valence-corrected chi connectivity index (χ3v) is 6.51. The van der Waals surface area contributed by atoms with Crippen molar-refractivity contribution in [1.29, 1.82) is 0 Å². The maximum atomic E-state index is 13.3. The van der Waals surface area contributed by atoms with Crippen LogP contribution in [0.5, 0.6) is 11.5 Å². The fourth-order valence-electron chi connectivity index (χ4n) is 3.40. The van der Waals surface area contributed by atoms with Crippen molar-refractivity contribution in [3.05, 3.63) is 53.6 Å². The van der Waals surface area contributed by atoms with Crippen molar-refractivity contribution < 1.29 is 17.9 Å². The Kier molecular flexibility index (Phi) is 5.21. The van der Waals surface area contributed by atoms with Gasteiger partial charge < -0.3 is 9.47 Å². The molecule has 0 N–H and O–H groups in total. The Morgan fingerprint density at radius 3 is 2.58 bits per heavy atom. The van der Waals surface area contributed by atoms with Crippen molar-refractivity contribution in [2.45, 2.75) is 23.8 Å². The summed E-state index contributed by atoms with van der Waals surface area (Å²) in [5.41, 5.74) is 2.19. The zero-order valence-electron chi connectivity index (χ0n) is 14.8. The molecule has 2 aromatic rings. The fourth-order valence-corrected chi connectivity index (χ4v) is 4.96. The van der Waals surface area contributed by atoms with Gasteiger partial charge in [-0.25, -0.2) is 8.42 Å². The third-order valence-electron chi connectivity index (χ3n) is 4.66. The van der Waals surface area contributed by atoms with E-state index in [4.69, 9.17) is 15.9 Å². The molecule has 0 unspecified atom stereocenters. The van der Waals surface area contributed by atoms with Crippen LogP contribution in [0.3, 0.4) is 0 Å². The first kappa shape index (κ1) is 18.3. The molecule has 2 aromatic carbocycles. The van der Waals surface area contributed by atoms with Crippen LogP contribution in [-0.2, 0) is 16.4 Å². The van der Waals surface area contributed by atoms with E-state index in [1.807, 2.05) is 24.3 Å². The van der Waals surface area contributed by atoms with Gasteiger partial charge in [-0.2, -0.15) is 4.31 Å². The molecule has 26 heavy (non-hydrogen) atoms. The van der Waals surface area contributed by atoms with Gasteiger partial charge in [0.25, 0.3) is 0 Å². The molecule has 0 aliphatic heterocycles. The summed E-state index contributed by atoms with van der Waals surface area (Å²) >= 11 is 0. The first-order chi connectivity index (χ1) is 12.5. The number of rotatable bonds is 6. The average molecular weight is 371 g/mol. The van der Waals surface area contributed by atoms with Crippen molar-refractivity contribution in [3.63, 3.8) is 0 Å². The number of sulfonamides is 1. The Labute approximate surface area is 154 Å². The first-order valence-corrected chi connectivity index (χ1v) is 9.72. The monoisotopic (exact) mass is 371 g/mol. The number of terminal acetylenes is 1. The normalized spacial score (nSPS) is 16.2. The van der Waals surface area contributed by atoms with Gasteiger partial charge in [0.1, 0.15) is 0 Å². The van der Waals surface area contributed by atoms with Gasteiger partial charge in [-0.3, -0.25) is 0 Å². The molecule has 0 aromatic heterocycles. The van der Waals surface area contributed by atoms with Crippen LogP contribution < -0.4 is 9.47 Å². The topological polar surface area (TPSA) is 55.8 Å². The lowest BCUT2D eigenvalue weighted by Gasteiger charge is -2.27. The van der Waals surface area contributed by atoms with Crippen LogP contribution in [-0.4, -0.2) is 33.5 Å². The second-order valence-corrected chi connectivity index (χ2v) is 7.92. The Hall–Kier alpha value is -2.49. The maximum Gasteiger partial charge on any atom is 0.244 e. The molecule has 6 heteroatoms. The molecular weight excluding hydrogens is 350 g/mol. The number of aryl methyl sites for hydroxylation is 1. The van der Waals surface area contributed by atoms with Gasteiger partial charge >= 0.3 is 0 Å². The van der Waals surface area contributed by atoms with Crippen molar-refractivity contribution in [2.75, 3.05) is 20.8 Å². The summed E-state index contributed by atoms with van der Waals surface area (Å²) < 4.78 is 38.5. The number of methoxy groups -OCH3 is 2. The fraction of sp³-hybridized carbons (Fsp3) is 0.300. The van der Waals surface area contributed by atoms with Crippen molar-refractivity contribution in [2.24, 2.45) is 0 Å². The second kappa shape index (κ2) is 7.40. The molecule has 0 bridgehead atoms. The number of fused-ring (bicyclic) bond motifs is 1. The predicted molar refractivity (Wildman–Crippen MR) is 99.8 cm³/mol. The van der Waals surface area contributed by atoms with E-state index in [1.54, 1.807) is 6.07 Å². The van der Waals surface area contributed by atoms with Crippen molar-refractivity contribution >= 4 is 10.0 Å².